The number of unbranched alkanes of at least 4 members (excludes halogenated alkanes) is 2. The van der Waals surface area contributed by atoms with Crippen molar-refractivity contribution >= 4 is 6.29 Å². The summed E-state index contributed by atoms with van der Waals surface area (Å²) in [6, 6.07) is 0. The van der Waals surface area contributed by atoms with Gasteiger partial charge >= 0.3 is 0 Å². The standard InChI is InChI=1S/C5H10O2.C4H7NO/c6-4-2-1-3-5-7;1-5-3-2-4-6/h4,7H,1-3,5H2;6H,2-4H2. The first-order valence-electron chi connectivity index (χ1n) is 4.32. The zero-order valence-electron chi connectivity index (χ0n) is 7.78. The third-order valence-corrected chi connectivity index (χ3v) is 1.16. The Labute approximate surface area is 79.0 Å². The molecule has 0 fully saturated rings. The predicted molar refractivity (Wildman–Crippen MR) is 50.2 cm³/mol. The van der Waals surface area contributed by atoms with Gasteiger partial charge in [-0.3, -0.25) is 0 Å². The van der Waals surface area contributed by atoms with Crippen LogP contribution in [0.4, 0.5) is 0 Å². The second-order valence-electron chi connectivity index (χ2n) is 2.34. The molecule has 0 amide bonds. The Morgan fingerprint density at radius 1 is 1.15 bits per heavy atom. The van der Waals surface area contributed by atoms with Crippen LogP contribution in [-0.4, -0.2) is 36.3 Å². The zero-order chi connectivity index (χ0) is 10.4. The molecule has 13 heavy (non-hydrogen) atoms. The van der Waals surface area contributed by atoms with E-state index >= 15 is 0 Å². The second-order valence-corrected chi connectivity index (χ2v) is 2.34. The van der Waals surface area contributed by atoms with Gasteiger partial charge in [0, 0.05) is 19.4 Å². The minimum Gasteiger partial charge on any atom is -0.396 e. The summed E-state index contributed by atoms with van der Waals surface area (Å²) in [6.45, 7) is 7.02. The highest BCUT2D eigenvalue weighted by Crippen LogP contribution is 1.88. The van der Waals surface area contributed by atoms with Gasteiger partial charge in [-0.05, 0) is 12.8 Å². The van der Waals surface area contributed by atoms with Gasteiger partial charge in [-0.15, -0.1) is 0 Å². The maximum atomic E-state index is 9.60. The van der Waals surface area contributed by atoms with Crippen molar-refractivity contribution in [2.45, 2.75) is 25.7 Å². The van der Waals surface area contributed by atoms with Crippen molar-refractivity contribution in [1.29, 1.82) is 0 Å². The highest BCUT2D eigenvalue weighted by Gasteiger charge is 1.81. The molecule has 4 nitrogen and oxygen atoms in total. The fourth-order valence-corrected chi connectivity index (χ4v) is 0.489. The number of nitrogens with zero attached hydrogens (tertiary/aromatic N) is 1. The van der Waals surface area contributed by atoms with Crippen LogP contribution in [0.15, 0.2) is 0 Å². The number of hydrogen-bond acceptors (Lipinski definition) is 3. The predicted octanol–water partition coefficient (Wildman–Crippen LogP) is 0.636. The number of aliphatic hydroxyl groups is 2. The lowest BCUT2D eigenvalue weighted by Crippen LogP contribution is -1.82. The Kier molecular flexibility index (Phi) is 19.4. The Balaban J connectivity index is 0. The lowest BCUT2D eigenvalue weighted by Gasteiger charge is -1.85. The molecule has 0 rings (SSSR count). The summed E-state index contributed by atoms with van der Waals surface area (Å²) in [5, 5.41) is 16.2. The van der Waals surface area contributed by atoms with Crippen molar-refractivity contribution in [3.8, 4) is 0 Å². The largest absolute Gasteiger partial charge is 0.396 e. The summed E-state index contributed by atoms with van der Waals surface area (Å²) in [6.07, 6.45) is 3.64. The molecule has 0 atom stereocenters. The number of aldehydes is 1. The van der Waals surface area contributed by atoms with Gasteiger partial charge in [-0.25, -0.2) is 6.57 Å². The Bertz CT molecular complexity index is 131. The molecule has 0 aliphatic rings. The van der Waals surface area contributed by atoms with Gasteiger partial charge in [-0.1, -0.05) is 0 Å². The van der Waals surface area contributed by atoms with E-state index in [-0.39, 0.29) is 13.2 Å². The topological polar surface area (TPSA) is 61.9 Å². The number of carbonyl (C=O) groups is 1. The van der Waals surface area contributed by atoms with Gasteiger partial charge in [0.05, 0.1) is 6.61 Å². The van der Waals surface area contributed by atoms with Gasteiger partial charge in [0.2, 0.25) is 6.54 Å². The highest BCUT2D eigenvalue weighted by molar-refractivity contribution is 5.48. The molecule has 0 heterocycles. The molecule has 0 spiro atoms. The number of aliphatic hydroxyl groups excluding tert-OH is 2. The molecule has 0 bridgehead atoms. The van der Waals surface area contributed by atoms with Crippen LogP contribution in [0.3, 0.4) is 0 Å². The van der Waals surface area contributed by atoms with Crippen LogP contribution in [0.25, 0.3) is 4.85 Å². The van der Waals surface area contributed by atoms with E-state index in [2.05, 4.69) is 4.85 Å². The fraction of sp³-hybridized carbons (Fsp3) is 0.778. The van der Waals surface area contributed by atoms with Gasteiger partial charge < -0.3 is 19.9 Å². The van der Waals surface area contributed by atoms with E-state index in [1.807, 2.05) is 0 Å². The van der Waals surface area contributed by atoms with Crippen LogP contribution in [-0.2, 0) is 4.79 Å². The monoisotopic (exact) mass is 187 g/mol. The first-order chi connectivity index (χ1) is 6.33. The van der Waals surface area contributed by atoms with Crippen molar-refractivity contribution in [3.63, 3.8) is 0 Å². The van der Waals surface area contributed by atoms with Gasteiger partial charge in [0.15, 0.2) is 0 Å². The lowest BCUT2D eigenvalue weighted by molar-refractivity contribution is -0.107. The highest BCUT2D eigenvalue weighted by atomic mass is 16.3. The first-order valence-corrected chi connectivity index (χ1v) is 4.32. The molecule has 2 N–H and O–H groups in total. The fourth-order valence-electron chi connectivity index (χ4n) is 0.489. The van der Waals surface area contributed by atoms with E-state index in [4.69, 9.17) is 16.8 Å². The van der Waals surface area contributed by atoms with Crippen molar-refractivity contribution in [3.05, 3.63) is 11.4 Å². The molecule has 4 heteroatoms. The van der Waals surface area contributed by atoms with Crippen molar-refractivity contribution in [2.24, 2.45) is 0 Å². The third-order valence-electron chi connectivity index (χ3n) is 1.16. The average molecular weight is 187 g/mol. The van der Waals surface area contributed by atoms with Gasteiger partial charge in [0.25, 0.3) is 0 Å². The van der Waals surface area contributed by atoms with Gasteiger partial charge in [0.1, 0.15) is 6.29 Å². The van der Waals surface area contributed by atoms with E-state index in [0.29, 0.717) is 19.4 Å². The van der Waals surface area contributed by atoms with Crippen LogP contribution in [0.1, 0.15) is 25.7 Å². The maximum absolute atomic E-state index is 9.60. The van der Waals surface area contributed by atoms with E-state index in [0.717, 1.165) is 19.1 Å². The minimum absolute atomic E-state index is 0.141. The van der Waals surface area contributed by atoms with Crippen LogP contribution < -0.4 is 0 Å². The van der Waals surface area contributed by atoms with Crippen LogP contribution in [0.2, 0.25) is 0 Å². The molecule has 0 aromatic heterocycles. The molecule has 0 radical (unpaired) electrons. The number of carbonyl (C=O) groups excluding carboxylic acids is 1. The van der Waals surface area contributed by atoms with Crippen LogP contribution >= 0.6 is 0 Å². The molecule has 0 saturated heterocycles. The second kappa shape index (κ2) is 17.2. The summed E-state index contributed by atoms with van der Waals surface area (Å²) in [5.74, 6) is 0. The summed E-state index contributed by atoms with van der Waals surface area (Å²) < 4.78 is 0. The number of hydrogen-bond donors (Lipinski definition) is 2. The maximum Gasteiger partial charge on any atom is 0.216 e. The Morgan fingerprint density at radius 3 is 2.08 bits per heavy atom. The van der Waals surface area contributed by atoms with E-state index in [1.165, 1.54) is 0 Å². The molecule has 0 unspecified atom stereocenters. The Hall–Kier alpha value is -0.920. The van der Waals surface area contributed by atoms with Gasteiger partial charge in [-0.2, -0.15) is 0 Å². The summed E-state index contributed by atoms with van der Waals surface area (Å²) in [5.41, 5.74) is 0. The third kappa shape index (κ3) is 24.7. The average Bonchev–Trinajstić information content (AvgIpc) is 2.17. The van der Waals surface area contributed by atoms with E-state index in [1.54, 1.807) is 0 Å². The molecular weight excluding hydrogens is 170 g/mol. The molecular formula is C9H17NO3. The zero-order valence-corrected chi connectivity index (χ0v) is 7.78. The summed E-state index contributed by atoms with van der Waals surface area (Å²) in [4.78, 5) is 12.6. The normalized spacial score (nSPS) is 8.08. The lowest BCUT2D eigenvalue weighted by atomic mass is 10.3. The van der Waals surface area contributed by atoms with E-state index < -0.39 is 0 Å². The van der Waals surface area contributed by atoms with E-state index in [9.17, 15) is 4.79 Å². The Morgan fingerprint density at radius 2 is 1.77 bits per heavy atom. The molecule has 0 saturated carbocycles. The van der Waals surface area contributed by atoms with Crippen molar-refractivity contribution in [1.82, 2.24) is 0 Å². The first kappa shape index (κ1) is 14.6. The smallest absolute Gasteiger partial charge is 0.216 e. The van der Waals surface area contributed by atoms with Crippen molar-refractivity contribution < 1.29 is 15.0 Å². The summed E-state index contributed by atoms with van der Waals surface area (Å²) in [7, 11) is 0. The number of rotatable bonds is 6. The molecule has 0 aliphatic heterocycles. The summed E-state index contributed by atoms with van der Waals surface area (Å²) >= 11 is 0. The van der Waals surface area contributed by atoms with Crippen molar-refractivity contribution in [2.75, 3.05) is 19.8 Å². The molecule has 0 aromatic carbocycles. The molecule has 76 valence electrons. The van der Waals surface area contributed by atoms with Crippen LogP contribution in [0.5, 0.6) is 0 Å². The minimum atomic E-state index is 0.141. The SMILES string of the molecule is O=CCCCCO.[C-]#[N+]CCCO. The molecule has 0 aliphatic carbocycles. The van der Waals surface area contributed by atoms with Crippen LogP contribution in [0, 0.1) is 6.57 Å². The molecule has 0 aromatic rings. The quantitative estimate of drug-likeness (QED) is 0.364.